The number of halogens is 3. The minimum atomic E-state index is -0.417. The van der Waals surface area contributed by atoms with Crippen molar-refractivity contribution in [3.63, 3.8) is 0 Å². The minimum absolute atomic E-state index is 0.0127. The third-order valence-electron chi connectivity index (χ3n) is 7.14. The second-order valence-corrected chi connectivity index (χ2v) is 10.8. The first kappa shape index (κ1) is 27.3. The molecule has 0 saturated carbocycles. The Labute approximate surface area is 241 Å². The largest absolute Gasteiger partial charge is 0.350 e. The Hall–Kier alpha value is -3.26. The predicted molar refractivity (Wildman–Crippen MR) is 153 cm³/mol. The molecule has 1 aliphatic heterocycles. The number of fused-ring (bicyclic) bond motifs is 2. The molecule has 3 N–H and O–H groups in total. The molecule has 7 nitrogen and oxygen atoms in total. The summed E-state index contributed by atoms with van der Waals surface area (Å²) in [7, 11) is 0. The minimum Gasteiger partial charge on any atom is -0.350 e. The summed E-state index contributed by atoms with van der Waals surface area (Å²) in [4.78, 5) is 39.9. The molecule has 2 aliphatic rings. The second kappa shape index (κ2) is 11.9. The number of urea groups is 1. The Balaban J connectivity index is 1.15. The molecule has 0 fully saturated rings. The summed E-state index contributed by atoms with van der Waals surface area (Å²) in [6.45, 7) is 1.25. The number of rotatable bonds is 6. The number of carbonyl (C=O) groups is 3. The topological polar surface area (TPSA) is 90.5 Å². The van der Waals surface area contributed by atoms with Crippen molar-refractivity contribution in [2.75, 3.05) is 19.6 Å². The van der Waals surface area contributed by atoms with Crippen molar-refractivity contribution in [2.24, 2.45) is 0 Å². The van der Waals surface area contributed by atoms with Gasteiger partial charge < -0.3 is 20.9 Å². The highest BCUT2D eigenvalue weighted by molar-refractivity contribution is 6.40. The summed E-state index contributed by atoms with van der Waals surface area (Å²) in [6.07, 6.45) is 2.30. The molecule has 1 aliphatic carbocycles. The SMILES string of the molecule is O=C(NCCNC(=O)c1c(Cl)cc2c(c1Cl)CCN(C(=O)c1ccc(Cl)cc1)C2)N[C@@H]1CCc2ccccc21. The van der Waals surface area contributed by atoms with Crippen molar-refractivity contribution < 1.29 is 14.4 Å². The third-order valence-corrected chi connectivity index (χ3v) is 8.11. The van der Waals surface area contributed by atoms with Crippen molar-refractivity contribution in [1.82, 2.24) is 20.9 Å². The van der Waals surface area contributed by atoms with Crippen LogP contribution in [0.4, 0.5) is 4.79 Å². The Morgan fingerprint density at radius 3 is 2.44 bits per heavy atom. The van der Waals surface area contributed by atoms with Gasteiger partial charge in [0.1, 0.15) is 0 Å². The Morgan fingerprint density at radius 2 is 1.64 bits per heavy atom. The number of nitrogens with zero attached hydrogens (tertiary/aromatic N) is 1. The highest BCUT2D eigenvalue weighted by atomic mass is 35.5. The van der Waals surface area contributed by atoms with Gasteiger partial charge in [-0.15, -0.1) is 0 Å². The van der Waals surface area contributed by atoms with Crippen molar-refractivity contribution in [1.29, 1.82) is 0 Å². The van der Waals surface area contributed by atoms with E-state index >= 15 is 0 Å². The zero-order chi connectivity index (χ0) is 27.5. The first-order valence-corrected chi connectivity index (χ1v) is 13.9. The van der Waals surface area contributed by atoms with E-state index in [0.717, 1.165) is 29.5 Å². The average molecular weight is 586 g/mol. The van der Waals surface area contributed by atoms with Crippen LogP contribution < -0.4 is 16.0 Å². The van der Waals surface area contributed by atoms with E-state index in [4.69, 9.17) is 34.8 Å². The normalized spacial score (nSPS) is 15.8. The highest BCUT2D eigenvalue weighted by Gasteiger charge is 2.28. The molecule has 4 amide bonds. The molecular weight excluding hydrogens is 559 g/mol. The lowest BCUT2D eigenvalue weighted by Gasteiger charge is -2.30. The van der Waals surface area contributed by atoms with Crippen LogP contribution in [0, 0.1) is 0 Å². The van der Waals surface area contributed by atoms with Crippen molar-refractivity contribution >= 4 is 52.6 Å². The molecule has 39 heavy (non-hydrogen) atoms. The highest BCUT2D eigenvalue weighted by Crippen LogP contribution is 2.35. The van der Waals surface area contributed by atoms with E-state index in [1.807, 2.05) is 18.2 Å². The number of amides is 4. The van der Waals surface area contributed by atoms with Crippen molar-refractivity contribution in [3.8, 4) is 0 Å². The van der Waals surface area contributed by atoms with Crippen LogP contribution >= 0.6 is 34.8 Å². The molecule has 202 valence electrons. The second-order valence-electron chi connectivity index (χ2n) is 9.61. The van der Waals surface area contributed by atoms with Gasteiger partial charge >= 0.3 is 6.03 Å². The summed E-state index contributed by atoms with van der Waals surface area (Å²) in [5, 5.41) is 9.62. The predicted octanol–water partition coefficient (Wildman–Crippen LogP) is 5.56. The van der Waals surface area contributed by atoms with Crippen LogP contribution in [0.5, 0.6) is 0 Å². The fraction of sp³-hybridized carbons (Fsp3) is 0.276. The van der Waals surface area contributed by atoms with Gasteiger partial charge in [0.05, 0.1) is 21.7 Å². The van der Waals surface area contributed by atoms with Gasteiger partial charge in [-0.25, -0.2) is 4.79 Å². The first-order valence-electron chi connectivity index (χ1n) is 12.8. The molecule has 3 aromatic rings. The molecule has 0 saturated heterocycles. The van der Waals surface area contributed by atoms with E-state index in [-0.39, 0.29) is 41.7 Å². The fourth-order valence-electron chi connectivity index (χ4n) is 5.17. The summed E-state index contributed by atoms with van der Waals surface area (Å²) in [6, 6.07) is 16.2. The Kier molecular flexibility index (Phi) is 8.31. The molecular formula is C29H27Cl3N4O3. The molecule has 1 atom stereocenters. The maximum absolute atomic E-state index is 12.9. The van der Waals surface area contributed by atoms with Crippen LogP contribution in [0.25, 0.3) is 0 Å². The van der Waals surface area contributed by atoms with Crippen LogP contribution in [0.1, 0.15) is 55.4 Å². The van der Waals surface area contributed by atoms with Gasteiger partial charge in [-0.1, -0.05) is 59.1 Å². The van der Waals surface area contributed by atoms with Crippen LogP contribution in [0.2, 0.25) is 15.1 Å². The number of hydrogen-bond acceptors (Lipinski definition) is 3. The standard InChI is InChI=1S/C29H27Cl3N4O3/c30-20-8-5-18(6-9-20)28(38)36-14-11-22-19(16-36)15-23(31)25(26(22)32)27(37)33-12-13-34-29(39)35-24-10-7-17-3-1-2-4-21(17)24/h1-6,8-9,15,24H,7,10-14,16H2,(H,33,37)(H2,34,35,39)/t24-/m1/s1. The molecule has 1 heterocycles. The van der Waals surface area contributed by atoms with E-state index in [1.165, 1.54) is 5.56 Å². The van der Waals surface area contributed by atoms with Gasteiger partial charge in [-0.2, -0.15) is 0 Å². The molecule has 10 heteroatoms. The van der Waals surface area contributed by atoms with Crippen LogP contribution in [-0.2, 0) is 19.4 Å². The van der Waals surface area contributed by atoms with Gasteiger partial charge in [0.15, 0.2) is 0 Å². The zero-order valence-electron chi connectivity index (χ0n) is 21.0. The van der Waals surface area contributed by atoms with E-state index in [2.05, 4.69) is 22.0 Å². The van der Waals surface area contributed by atoms with Gasteiger partial charge in [0, 0.05) is 36.8 Å². The number of benzene rings is 3. The van der Waals surface area contributed by atoms with Crippen LogP contribution in [0.15, 0.2) is 54.6 Å². The van der Waals surface area contributed by atoms with Gasteiger partial charge in [-0.05, 0) is 71.8 Å². The lowest BCUT2D eigenvalue weighted by atomic mass is 9.96. The summed E-state index contributed by atoms with van der Waals surface area (Å²) >= 11 is 19.1. The van der Waals surface area contributed by atoms with Gasteiger partial charge in [-0.3, -0.25) is 9.59 Å². The van der Waals surface area contributed by atoms with E-state index < -0.39 is 5.91 Å². The fourth-order valence-corrected chi connectivity index (χ4v) is 6.05. The number of carbonyl (C=O) groups excluding carboxylic acids is 3. The van der Waals surface area contributed by atoms with Crippen molar-refractivity contribution in [3.05, 3.63) is 103 Å². The molecule has 0 radical (unpaired) electrons. The Morgan fingerprint density at radius 1 is 0.897 bits per heavy atom. The molecule has 0 aromatic heterocycles. The maximum atomic E-state index is 12.9. The number of aryl methyl sites for hydroxylation is 1. The molecule has 3 aromatic carbocycles. The molecule has 0 spiro atoms. The van der Waals surface area contributed by atoms with E-state index in [9.17, 15) is 14.4 Å². The Bertz CT molecular complexity index is 1430. The lowest BCUT2D eigenvalue weighted by molar-refractivity contribution is 0.0734. The summed E-state index contributed by atoms with van der Waals surface area (Å²) in [5.41, 5.74) is 4.76. The van der Waals surface area contributed by atoms with E-state index in [0.29, 0.717) is 35.1 Å². The summed E-state index contributed by atoms with van der Waals surface area (Å²) in [5.74, 6) is -0.528. The number of hydrogen-bond donors (Lipinski definition) is 3. The molecule has 0 bridgehead atoms. The lowest BCUT2D eigenvalue weighted by Crippen LogP contribution is -2.41. The summed E-state index contributed by atoms with van der Waals surface area (Å²) < 4.78 is 0. The third kappa shape index (κ3) is 6.01. The van der Waals surface area contributed by atoms with Gasteiger partial charge in [0.25, 0.3) is 11.8 Å². The average Bonchev–Trinajstić information content (AvgIpc) is 3.33. The van der Waals surface area contributed by atoms with Crippen LogP contribution in [-0.4, -0.2) is 42.4 Å². The maximum Gasteiger partial charge on any atom is 0.315 e. The molecule has 5 rings (SSSR count). The number of nitrogens with one attached hydrogen (secondary N) is 3. The van der Waals surface area contributed by atoms with Crippen LogP contribution in [0.3, 0.4) is 0 Å². The smallest absolute Gasteiger partial charge is 0.315 e. The van der Waals surface area contributed by atoms with E-state index in [1.54, 1.807) is 35.2 Å². The monoisotopic (exact) mass is 584 g/mol. The quantitative estimate of drug-likeness (QED) is 0.331. The van der Waals surface area contributed by atoms with Crippen molar-refractivity contribution in [2.45, 2.75) is 31.8 Å². The molecule has 0 unspecified atom stereocenters. The van der Waals surface area contributed by atoms with Gasteiger partial charge in [0.2, 0.25) is 0 Å². The first-order chi connectivity index (χ1) is 18.8. The zero-order valence-corrected chi connectivity index (χ0v) is 23.3.